The minimum absolute atomic E-state index is 0.107. The highest BCUT2D eigenvalue weighted by Crippen LogP contribution is 2.15. The van der Waals surface area contributed by atoms with Crippen molar-refractivity contribution in [3.8, 4) is 0 Å². The van der Waals surface area contributed by atoms with Gasteiger partial charge in [0.15, 0.2) is 6.10 Å². The summed E-state index contributed by atoms with van der Waals surface area (Å²) in [5, 5.41) is 9.57. The fourth-order valence-corrected chi connectivity index (χ4v) is 5.82. The van der Waals surface area contributed by atoms with Crippen molar-refractivity contribution in [1.29, 1.82) is 0 Å². The lowest BCUT2D eigenvalue weighted by molar-refractivity contribution is -0.161. The summed E-state index contributed by atoms with van der Waals surface area (Å²) in [6, 6.07) is 0. The fourth-order valence-electron chi connectivity index (χ4n) is 5.82. The van der Waals surface area contributed by atoms with Crippen LogP contribution in [0.4, 0.5) is 0 Å². The number of rotatable bonds is 38. The summed E-state index contributed by atoms with van der Waals surface area (Å²) in [5.74, 6) is -0.687. The summed E-state index contributed by atoms with van der Waals surface area (Å²) in [4.78, 5) is 24.3. The van der Waals surface area contributed by atoms with Crippen LogP contribution in [0.15, 0.2) is 72.9 Å². The molecule has 52 heavy (non-hydrogen) atoms. The molecule has 1 atom stereocenters. The Morgan fingerprint density at radius 1 is 0.462 bits per heavy atom. The maximum atomic E-state index is 12.2. The zero-order valence-corrected chi connectivity index (χ0v) is 33.8. The molecular formula is C47H80O5. The zero-order valence-electron chi connectivity index (χ0n) is 33.8. The standard InChI is InChI=1S/C47H80O5/c1-3-5-7-9-11-13-15-17-19-21-23-25-27-29-31-33-35-37-39-41-46(49)51-44-45(43-48)52-47(50)42-40-38-36-34-32-30-28-26-24-22-20-18-16-14-12-10-8-6-4-2/h5,7,11,13,17,19,23,25,29,31,35,37,45,48H,3-4,6,8-10,12,14-16,18,20-22,24,26-28,30,32-34,36,38-44H2,1-2H3. The minimum Gasteiger partial charge on any atom is -0.462 e. The molecule has 5 heteroatoms. The van der Waals surface area contributed by atoms with Crippen LogP contribution in [0.2, 0.25) is 0 Å². The van der Waals surface area contributed by atoms with E-state index in [0.717, 1.165) is 57.8 Å². The topological polar surface area (TPSA) is 72.8 Å². The van der Waals surface area contributed by atoms with Gasteiger partial charge in [0, 0.05) is 12.8 Å². The van der Waals surface area contributed by atoms with E-state index in [1.807, 2.05) is 12.2 Å². The molecule has 0 spiro atoms. The van der Waals surface area contributed by atoms with Crippen molar-refractivity contribution in [1.82, 2.24) is 0 Å². The second-order valence-electron chi connectivity index (χ2n) is 14.0. The largest absolute Gasteiger partial charge is 0.462 e. The Kier molecular flexibility index (Phi) is 40.6. The molecular weight excluding hydrogens is 645 g/mol. The van der Waals surface area contributed by atoms with Crippen molar-refractivity contribution in [3.63, 3.8) is 0 Å². The molecule has 5 nitrogen and oxygen atoms in total. The molecule has 0 aliphatic heterocycles. The van der Waals surface area contributed by atoms with Crippen LogP contribution in [0.3, 0.4) is 0 Å². The van der Waals surface area contributed by atoms with Crippen LogP contribution < -0.4 is 0 Å². The predicted octanol–water partition coefficient (Wildman–Crippen LogP) is 13.7. The van der Waals surface area contributed by atoms with Gasteiger partial charge < -0.3 is 14.6 Å². The molecule has 0 aliphatic carbocycles. The smallest absolute Gasteiger partial charge is 0.306 e. The average molecular weight is 725 g/mol. The maximum absolute atomic E-state index is 12.2. The molecule has 0 rings (SSSR count). The second-order valence-corrected chi connectivity index (χ2v) is 14.0. The van der Waals surface area contributed by atoms with E-state index in [-0.39, 0.29) is 31.6 Å². The molecule has 1 N–H and O–H groups in total. The Balaban J connectivity index is 3.65. The molecule has 0 radical (unpaired) electrons. The normalized spacial score (nSPS) is 12.9. The molecule has 0 aromatic heterocycles. The molecule has 0 heterocycles. The third-order valence-electron chi connectivity index (χ3n) is 9.03. The lowest BCUT2D eigenvalue weighted by atomic mass is 10.0. The van der Waals surface area contributed by atoms with Gasteiger partial charge in [0.05, 0.1) is 6.61 Å². The first-order valence-electron chi connectivity index (χ1n) is 21.5. The van der Waals surface area contributed by atoms with Gasteiger partial charge in [-0.2, -0.15) is 0 Å². The van der Waals surface area contributed by atoms with Gasteiger partial charge in [-0.15, -0.1) is 0 Å². The van der Waals surface area contributed by atoms with Crippen LogP contribution in [0.5, 0.6) is 0 Å². The maximum Gasteiger partial charge on any atom is 0.306 e. The van der Waals surface area contributed by atoms with Crippen molar-refractivity contribution in [2.75, 3.05) is 13.2 Å². The monoisotopic (exact) mass is 725 g/mol. The van der Waals surface area contributed by atoms with Gasteiger partial charge in [-0.25, -0.2) is 0 Å². The Bertz CT molecular complexity index is 957. The van der Waals surface area contributed by atoms with Gasteiger partial charge in [0.1, 0.15) is 6.61 Å². The summed E-state index contributed by atoms with van der Waals surface area (Å²) in [5.41, 5.74) is 0. The van der Waals surface area contributed by atoms with Crippen LogP contribution in [0, 0.1) is 0 Å². The van der Waals surface area contributed by atoms with E-state index < -0.39 is 6.10 Å². The van der Waals surface area contributed by atoms with E-state index in [4.69, 9.17) is 9.47 Å². The van der Waals surface area contributed by atoms with E-state index in [1.54, 1.807) is 0 Å². The molecule has 0 aromatic carbocycles. The first-order chi connectivity index (χ1) is 25.6. The van der Waals surface area contributed by atoms with Crippen molar-refractivity contribution in [2.24, 2.45) is 0 Å². The number of hydrogen-bond acceptors (Lipinski definition) is 5. The summed E-state index contributed by atoms with van der Waals surface area (Å²) in [6.07, 6.45) is 57.0. The quantitative estimate of drug-likeness (QED) is 0.0390. The number of carbonyl (C=O) groups is 2. The van der Waals surface area contributed by atoms with Crippen LogP contribution in [-0.2, 0) is 19.1 Å². The van der Waals surface area contributed by atoms with E-state index in [1.165, 1.54) is 103 Å². The molecule has 0 fully saturated rings. The predicted molar refractivity (Wildman–Crippen MR) is 223 cm³/mol. The van der Waals surface area contributed by atoms with Gasteiger partial charge in [0.25, 0.3) is 0 Å². The molecule has 0 bridgehead atoms. The highest BCUT2D eigenvalue weighted by atomic mass is 16.6. The third kappa shape index (κ3) is 40.1. The molecule has 298 valence electrons. The van der Waals surface area contributed by atoms with E-state index in [2.05, 4.69) is 74.6 Å². The Hall–Kier alpha value is -2.66. The molecule has 0 amide bonds. The van der Waals surface area contributed by atoms with Crippen LogP contribution >= 0.6 is 0 Å². The number of ether oxygens (including phenoxy) is 2. The molecule has 0 saturated heterocycles. The van der Waals surface area contributed by atoms with Gasteiger partial charge in [0.2, 0.25) is 0 Å². The highest BCUT2D eigenvalue weighted by Gasteiger charge is 2.15. The van der Waals surface area contributed by atoms with Crippen molar-refractivity contribution in [3.05, 3.63) is 72.9 Å². The first-order valence-corrected chi connectivity index (χ1v) is 21.5. The first kappa shape index (κ1) is 49.3. The number of unbranched alkanes of at least 4 members (excludes halogenated alkanes) is 18. The Labute approximate surface area is 321 Å². The fraction of sp³-hybridized carbons (Fsp3) is 0.702. The Morgan fingerprint density at radius 2 is 0.827 bits per heavy atom. The third-order valence-corrected chi connectivity index (χ3v) is 9.03. The van der Waals surface area contributed by atoms with Crippen LogP contribution in [-0.4, -0.2) is 36.4 Å². The van der Waals surface area contributed by atoms with E-state index in [9.17, 15) is 14.7 Å². The zero-order chi connectivity index (χ0) is 37.8. The minimum atomic E-state index is -0.803. The van der Waals surface area contributed by atoms with E-state index >= 15 is 0 Å². The number of esters is 2. The molecule has 1 unspecified atom stereocenters. The lowest BCUT2D eigenvalue weighted by Gasteiger charge is -2.15. The Morgan fingerprint density at radius 3 is 1.21 bits per heavy atom. The van der Waals surface area contributed by atoms with Gasteiger partial charge in [-0.1, -0.05) is 202 Å². The highest BCUT2D eigenvalue weighted by molar-refractivity contribution is 5.70. The van der Waals surface area contributed by atoms with Crippen LogP contribution in [0.25, 0.3) is 0 Å². The number of hydrogen-bond donors (Lipinski definition) is 1. The summed E-state index contributed by atoms with van der Waals surface area (Å²) < 4.78 is 10.6. The molecule has 0 aliphatic rings. The molecule has 0 aromatic rings. The van der Waals surface area contributed by atoms with Gasteiger partial charge >= 0.3 is 11.9 Å². The number of carbonyl (C=O) groups excluding carboxylic acids is 2. The van der Waals surface area contributed by atoms with Crippen LogP contribution in [0.1, 0.15) is 194 Å². The second kappa shape index (κ2) is 42.8. The number of aliphatic hydroxyl groups excluding tert-OH is 1. The summed E-state index contributed by atoms with van der Waals surface area (Å²) >= 11 is 0. The lowest BCUT2D eigenvalue weighted by Crippen LogP contribution is -2.28. The average Bonchev–Trinajstić information content (AvgIpc) is 3.15. The summed E-state index contributed by atoms with van der Waals surface area (Å²) in [7, 11) is 0. The van der Waals surface area contributed by atoms with Crippen molar-refractivity contribution < 1.29 is 24.2 Å². The van der Waals surface area contributed by atoms with Gasteiger partial charge in [-0.05, 0) is 51.4 Å². The van der Waals surface area contributed by atoms with Crippen molar-refractivity contribution in [2.45, 2.75) is 200 Å². The van der Waals surface area contributed by atoms with E-state index in [0.29, 0.717) is 12.8 Å². The summed E-state index contributed by atoms with van der Waals surface area (Å²) in [6.45, 7) is 3.97. The number of allylic oxidation sites excluding steroid dienone is 12. The number of aliphatic hydroxyl groups is 1. The molecule has 0 saturated carbocycles. The van der Waals surface area contributed by atoms with Gasteiger partial charge in [-0.3, -0.25) is 9.59 Å². The van der Waals surface area contributed by atoms with Crippen molar-refractivity contribution >= 4 is 11.9 Å². The SMILES string of the molecule is CCC=CCC=CCC=CCC=CCC=CCC=CCCC(=O)OCC(CO)OC(=O)CCCCCCCCCCCCCCCCCCCCC.